The van der Waals surface area contributed by atoms with E-state index in [1.807, 2.05) is 42.3 Å². The first-order chi connectivity index (χ1) is 10.1. The van der Waals surface area contributed by atoms with Gasteiger partial charge in [-0.2, -0.15) is 0 Å². The van der Waals surface area contributed by atoms with Gasteiger partial charge < -0.3 is 5.32 Å². The second-order valence-corrected chi connectivity index (χ2v) is 6.36. The molecule has 1 heterocycles. The fourth-order valence-corrected chi connectivity index (χ4v) is 3.05. The number of hydrogen-bond acceptors (Lipinski definition) is 3. The van der Waals surface area contributed by atoms with E-state index in [4.69, 9.17) is 11.6 Å². The number of nitrogens with zero attached hydrogens (tertiary/aromatic N) is 1. The number of nitrogens with one attached hydrogen (secondary N) is 1. The van der Waals surface area contributed by atoms with E-state index in [1.54, 1.807) is 11.3 Å². The van der Waals surface area contributed by atoms with E-state index in [1.165, 1.54) is 4.88 Å². The van der Waals surface area contributed by atoms with E-state index in [9.17, 15) is 4.79 Å². The number of amides is 1. The third kappa shape index (κ3) is 4.56. The third-order valence-corrected chi connectivity index (χ3v) is 4.85. The van der Waals surface area contributed by atoms with E-state index < -0.39 is 0 Å². The highest BCUT2D eigenvalue weighted by Crippen LogP contribution is 2.22. The molecule has 21 heavy (non-hydrogen) atoms. The molecule has 0 aliphatic carbocycles. The Morgan fingerprint density at radius 2 is 2.10 bits per heavy atom. The lowest BCUT2D eigenvalue weighted by atomic mass is 10.2. The fraction of sp³-hybridized carbons (Fsp3) is 0.312. The van der Waals surface area contributed by atoms with Gasteiger partial charge >= 0.3 is 0 Å². The lowest BCUT2D eigenvalue weighted by Crippen LogP contribution is -2.35. The largest absolute Gasteiger partial charge is 0.351 e. The van der Waals surface area contributed by atoms with Gasteiger partial charge in [-0.1, -0.05) is 35.9 Å². The summed E-state index contributed by atoms with van der Waals surface area (Å²) in [7, 11) is 1.96. The Morgan fingerprint density at radius 3 is 2.76 bits per heavy atom. The summed E-state index contributed by atoms with van der Waals surface area (Å²) in [5.41, 5.74) is 0.932. The van der Waals surface area contributed by atoms with Crippen molar-refractivity contribution in [2.75, 3.05) is 13.6 Å². The molecule has 0 bridgehead atoms. The molecule has 1 amide bonds. The Balaban J connectivity index is 1.83. The molecule has 2 rings (SSSR count). The van der Waals surface area contributed by atoms with Gasteiger partial charge in [0.1, 0.15) is 0 Å². The lowest BCUT2D eigenvalue weighted by Gasteiger charge is -2.23. The molecule has 0 fully saturated rings. The average Bonchev–Trinajstić information content (AvgIpc) is 2.99. The van der Waals surface area contributed by atoms with Gasteiger partial charge in [-0.15, -0.1) is 11.3 Å². The summed E-state index contributed by atoms with van der Waals surface area (Å²) in [5.74, 6) is 0.000765. The van der Waals surface area contributed by atoms with Crippen molar-refractivity contribution in [2.45, 2.75) is 19.5 Å². The predicted molar refractivity (Wildman–Crippen MR) is 88.7 cm³/mol. The number of halogens is 1. The maximum Gasteiger partial charge on any atom is 0.234 e. The molecule has 0 aliphatic heterocycles. The lowest BCUT2D eigenvalue weighted by molar-refractivity contribution is -0.122. The van der Waals surface area contributed by atoms with E-state index in [0.29, 0.717) is 18.1 Å². The normalized spacial score (nSPS) is 12.4. The van der Waals surface area contributed by atoms with E-state index in [0.717, 1.165) is 5.56 Å². The summed E-state index contributed by atoms with van der Waals surface area (Å²) in [6.45, 7) is 2.93. The average molecular weight is 323 g/mol. The molecule has 1 N–H and O–H groups in total. The minimum Gasteiger partial charge on any atom is -0.351 e. The smallest absolute Gasteiger partial charge is 0.234 e. The molecule has 112 valence electrons. The molecule has 0 aliphatic rings. The van der Waals surface area contributed by atoms with Crippen molar-refractivity contribution in [3.63, 3.8) is 0 Å². The van der Waals surface area contributed by atoms with Crippen molar-refractivity contribution in [1.82, 2.24) is 10.2 Å². The Morgan fingerprint density at radius 1 is 1.33 bits per heavy atom. The molecule has 0 radical (unpaired) electrons. The first kappa shape index (κ1) is 16.0. The maximum atomic E-state index is 12.0. The van der Waals surface area contributed by atoms with Crippen LogP contribution in [0.3, 0.4) is 0 Å². The highest BCUT2D eigenvalue weighted by Gasteiger charge is 2.15. The summed E-state index contributed by atoms with van der Waals surface area (Å²) >= 11 is 7.78. The molecule has 1 aromatic carbocycles. The molecule has 3 nitrogen and oxygen atoms in total. The van der Waals surface area contributed by atoms with Crippen LogP contribution in [0, 0.1) is 0 Å². The number of rotatable bonds is 6. The van der Waals surface area contributed by atoms with Gasteiger partial charge in [0.15, 0.2) is 0 Å². The minimum atomic E-state index is 0.000765. The Kier molecular flexibility index (Phi) is 5.79. The number of carbonyl (C=O) groups is 1. The summed E-state index contributed by atoms with van der Waals surface area (Å²) in [4.78, 5) is 15.3. The summed E-state index contributed by atoms with van der Waals surface area (Å²) in [6.07, 6.45) is 0. The maximum absolute atomic E-state index is 12.0. The van der Waals surface area contributed by atoms with Crippen LogP contribution in [0.25, 0.3) is 0 Å². The van der Waals surface area contributed by atoms with Gasteiger partial charge in [-0.05, 0) is 37.0 Å². The van der Waals surface area contributed by atoms with E-state index in [-0.39, 0.29) is 11.9 Å². The summed E-state index contributed by atoms with van der Waals surface area (Å²) < 4.78 is 0. The Hall–Kier alpha value is -1.36. The zero-order chi connectivity index (χ0) is 15.2. The van der Waals surface area contributed by atoms with Crippen LogP contribution in [0.4, 0.5) is 0 Å². The van der Waals surface area contributed by atoms with Crippen LogP contribution in [0.5, 0.6) is 0 Å². The quantitative estimate of drug-likeness (QED) is 0.879. The van der Waals surface area contributed by atoms with Crippen molar-refractivity contribution < 1.29 is 4.79 Å². The van der Waals surface area contributed by atoms with Gasteiger partial charge in [-0.3, -0.25) is 9.69 Å². The zero-order valence-electron chi connectivity index (χ0n) is 12.2. The molecule has 2 aromatic rings. The zero-order valence-corrected chi connectivity index (χ0v) is 13.7. The summed E-state index contributed by atoms with van der Waals surface area (Å²) in [5, 5.41) is 5.64. The van der Waals surface area contributed by atoms with Crippen molar-refractivity contribution in [2.24, 2.45) is 0 Å². The first-order valence-electron chi connectivity index (χ1n) is 6.81. The molecule has 0 saturated carbocycles. The highest BCUT2D eigenvalue weighted by molar-refractivity contribution is 7.10. The number of likely N-dealkylation sites (N-methyl/N-ethyl adjacent to an activating group) is 1. The van der Waals surface area contributed by atoms with Crippen LogP contribution in [0.2, 0.25) is 5.02 Å². The highest BCUT2D eigenvalue weighted by atomic mass is 35.5. The van der Waals surface area contributed by atoms with Gasteiger partial charge in [0.05, 0.1) is 6.54 Å². The molecular weight excluding hydrogens is 304 g/mol. The number of carbonyl (C=O) groups excluding carboxylic acids is 1. The minimum absolute atomic E-state index is 0.000765. The van der Waals surface area contributed by atoms with Crippen molar-refractivity contribution >= 4 is 28.8 Å². The van der Waals surface area contributed by atoms with Crippen molar-refractivity contribution in [3.05, 3.63) is 57.2 Å². The van der Waals surface area contributed by atoms with Crippen LogP contribution in [0.1, 0.15) is 23.4 Å². The monoisotopic (exact) mass is 322 g/mol. The number of benzene rings is 1. The second-order valence-electron chi connectivity index (χ2n) is 4.97. The molecule has 0 saturated heterocycles. The van der Waals surface area contributed by atoms with Crippen LogP contribution < -0.4 is 5.32 Å². The standard InChI is InChI=1S/C16H19ClN2OS/c1-12(15-8-5-9-21-15)19(2)11-16(20)18-10-13-6-3-4-7-14(13)17/h3-9,12H,10-11H2,1-2H3,(H,18,20). The molecular formula is C16H19ClN2OS. The van der Waals surface area contributed by atoms with Gasteiger partial charge in [-0.25, -0.2) is 0 Å². The number of hydrogen-bond donors (Lipinski definition) is 1. The van der Waals surface area contributed by atoms with Gasteiger partial charge in [0.2, 0.25) is 5.91 Å². The molecule has 5 heteroatoms. The van der Waals surface area contributed by atoms with Crippen molar-refractivity contribution in [1.29, 1.82) is 0 Å². The van der Waals surface area contributed by atoms with Crippen LogP contribution in [-0.2, 0) is 11.3 Å². The van der Waals surface area contributed by atoms with Crippen molar-refractivity contribution in [3.8, 4) is 0 Å². The first-order valence-corrected chi connectivity index (χ1v) is 8.07. The van der Waals surface area contributed by atoms with Crippen LogP contribution in [0.15, 0.2) is 41.8 Å². The molecule has 0 spiro atoms. The molecule has 1 aromatic heterocycles. The summed E-state index contributed by atoms with van der Waals surface area (Å²) in [6, 6.07) is 11.9. The second kappa shape index (κ2) is 7.59. The molecule has 1 atom stereocenters. The fourth-order valence-electron chi connectivity index (χ4n) is 2.00. The van der Waals surface area contributed by atoms with Gasteiger partial charge in [0, 0.05) is 22.5 Å². The Bertz CT molecular complexity index is 586. The SMILES string of the molecule is CC(c1cccs1)N(C)CC(=O)NCc1ccccc1Cl. The number of thiophene rings is 1. The molecule has 1 unspecified atom stereocenters. The Labute approximate surface area is 134 Å². The topological polar surface area (TPSA) is 32.3 Å². The van der Waals surface area contributed by atoms with Gasteiger partial charge in [0.25, 0.3) is 0 Å². The predicted octanol–water partition coefficient (Wildman–Crippen LogP) is 3.71. The van der Waals surface area contributed by atoms with E-state index in [2.05, 4.69) is 23.7 Å². The third-order valence-electron chi connectivity index (χ3n) is 3.44. The van der Waals surface area contributed by atoms with Crippen LogP contribution in [-0.4, -0.2) is 24.4 Å². The van der Waals surface area contributed by atoms with E-state index >= 15 is 0 Å². The van der Waals surface area contributed by atoms with Crippen LogP contribution >= 0.6 is 22.9 Å².